The summed E-state index contributed by atoms with van der Waals surface area (Å²) in [5, 5.41) is 10.5. The number of amides is 2. The quantitative estimate of drug-likeness (QED) is 0.225. The number of anilines is 2. The number of ether oxygens (including phenoxy) is 1. The predicted molar refractivity (Wildman–Crippen MR) is 148 cm³/mol. The first-order chi connectivity index (χ1) is 19.3. The number of rotatable bonds is 7. The Balaban J connectivity index is 1.20. The molecule has 12 heteroatoms. The van der Waals surface area contributed by atoms with E-state index in [1.807, 2.05) is 0 Å². The van der Waals surface area contributed by atoms with Crippen molar-refractivity contribution in [2.24, 2.45) is 5.92 Å². The topological polar surface area (TPSA) is 111 Å². The van der Waals surface area contributed by atoms with E-state index in [1.54, 1.807) is 47.1 Å². The van der Waals surface area contributed by atoms with Crippen LogP contribution in [0.1, 0.15) is 23.3 Å². The molecule has 0 unspecified atom stereocenters. The van der Waals surface area contributed by atoms with Gasteiger partial charge in [-0.2, -0.15) is 5.10 Å². The van der Waals surface area contributed by atoms with Crippen LogP contribution in [0.3, 0.4) is 0 Å². The van der Waals surface area contributed by atoms with Gasteiger partial charge in [-0.05, 0) is 55.3 Å². The molecule has 2 amide bonds. The normalized spacial score (nSPS) is 12.8. The Bertz CT molecular complexity index is 1790. The highest BCUT2D eigenvalue weighted by atomic mass is 35.5. The summed E-state index contributed by atoms with van der Waals surface area (Å²) in [6.07, 6.45) is 4.74. The van der Waals surface area contributed by atoms with Gasteiger partial charge in [0.05, 0.1) is 16.9 Å². The summed E-state index contributed by atoms with van der Waals surface area (Å²) in [5.74, 6) is -0.794. The molecule has 0 bridgehead atoms. The van der Waals surface area contributed by atoms with Crippen LogP contribution in [0.2, 0.25) is 10.0 Å². The Kier molecular flexibility index (Phi) is 6.79. The van der Waals surface area contributed by atoms with E-state index in [2.05, 4.69) is 25.7 Å². The fraction of sp³-hybridized carbons (Fsp3) is 0.107. The number of aromatic nitrogens is 4. The third kappa shape index (κ3) is 5.45. The number of halogens is 3. The molecule has 3 heterocycles. The van der Waals surface area contributed by atoms with Gasteiger partial charge >= 0.3 is 0 Å². The molecule has 2 aromatic carbocycles. The average Bonchev–Trinajstić information content (AvgIpc) is 3.67. The van der Waals surface area contributed by atoms with Crippen LogP contribution in [0, 0.1) is 11.7 Å². The third-order valence-electron chi connectivity index (χ3n) is 6.15. The summed E-state index contributed by atoms with van der Waals surface area (Å²) in [6.45, 7) is 0. The summed E-state index contributed by atoms with van der Waals surface area (Å²) >= 11 is 12.4. The van der Waals surface area contributed by atoms with Gasteiger partial charge in [-0.15, -0.1) is 0 Å². The largest absolute Gasteiger partial charge is 0.454 e. The maximum Gasteiger partial charge on any atom is 0.274 e. The monoisotopic (exact) mass is 576 g/mol. The number of hydrogen-bond acceptors (Lipinski definition) is 6. The number of carbonyl (C=O) groups excluding carboxylic acids is 2. The predicted octanol–water partition coefficient (Wildman–Crippen LogP) is 6.63. The Hall–Kier alpha value is -4.54. The highest BCUT2D eigenvalue weighted by Gasteiger charge is 2.29. The Labute approximate surface area is 236 Å². The molecule has 1 fully saturated rings. The number of hydrogen-bond donors (Lipinski definition) is 2. The second-order valence-corrected chi connectivity index (χ2v) is 9.94. The molecule has 5 aromatic rings. The van der Waals surface area contributed by atoms with Gasteiger partial charge in [-0.25, -0.2) is 18.9 Å². The Morgan fingerprint density at radius 1 is 0.975 bits per heavy atom. The molecule has 2 N–H and O–H groups in total. The number of nitrogens with one attached hydrogen (secondary N) is 2. The van der Waals surface area contributed by atoms with Crippen molar-refractivity contribution in [1.82, 2.24) is 19.6 Å². The molecule has 200 valence electrons. The van der Waals surface area contributed by atoms with Crippen LogP contribution < -0.4 is 15.4 Å². The lowest BCUT2D eigenvalue weighted by Gasteiger charge is -2.12. The SMILES string of the molecule is O=C(Nc1ccc(Oc2ccnc(NC(=O)C3CC3)c2)c(F)c1)c1cc(-c2ccc(Cl)cc2Cl)n2nccc2n1. The van der Waals surface area contributed by atoms with Gasteiger partial charge in [0, 0.05) is 46.6 Å². The van der Waals surface area contributed by atoms with E-state index in [4.69, 9.17) is 27.9 Å². The summed E-state index contributed by atoms with van der Waals surface area (Å²) in [7, 11) is 0. The van der Waals surface area contributed by atoms with E-state index in [0.29, 0.717) is 38.5 Å². The van der Waals surface area contributed by atoms with Crippen LogP contribution in [0.4, 0.5) is 15.9 Å². The minimum atomic E-state index is -0.703. The van der Waals surface area contributed by atoms with E-state index in [9.17, 15) is 14.0 Å². The van der Waals surface area contributed by atoms with Crippen molar-refractivity contribution >= 4 is 52.2 Å². The van der Waals surface area contributed by atoms with E-state index in [0.717, 1.165) is 18.9 Å². The lowest BCUT2D eigenvalue weighted by Crippen LogP contribution is -2.15. The smallest absolute Gasteiger partial charge is 0.274 e. The minimum Gasteiger partial charge on any atom is -0.454 e. The fourth-order valence-corrected chi connectivity index (χ4v) is 4.52. The first kappa shape index (κ1) is 25.7. The number of carbonyl (C=O) groups is 2. The maximum absolute atomic E-state index is 14.9. The number of nitrogens with zero attached hydrogens (tertiary/aromatic N) is 4. The van der Waals surface area contributed by atoms with Gasteiger partial charge in [-0.3, -0.25) is 9.59 Å². The van der Waals surface area contributed by atoms with Gasteiger partial charge in [0.25, 0.3) is 5.91 Å². The van der Waals surface area contributed by atoms with Gasteiger partial charge in [-0.1, -0.05) is 23.2 Å². The van der Waals surface area contributed by atoms with E-state index >= 15 is 0 Å². The standard InChI is InChI=1S/C28H19Cl2FN6O3/c29-16-3-5-19(20(30)11-16)23-14-22(35-26-8-10-33-37(23)26)28(39)34-17-4-6-24(21(31)12-17)40-18-7-9-32-25(13-18)36-27(38)15-1-2-15/h3-15H,1-2H2,(H,34,39)(H,32,36,38). The minimum absolute atomic E-state index is 0.0191. The van der Waals surface area contributed by atoms with Crippen molar-refractivity contribution < 1.29 is 18.7 Å². The highest BCUT2D eigenvalue weighted by Crippen LogP contribution is 2.33. The summed E-state index contributed by atoms with van der Waals surface area (Å²) in [4.78, 5) is 33.6. The van der Waals surface area contributed by atoms with Gasteiger partial charge in [0.2, 0.25) is 5.91 Å². The van der Waals surface area contributed by atoms with E-state index < -0.39 is 11.7 Å². The van der Waals surface area contributed by atoms with Crippen molar-refractivity contribution in [2.75, 3.05) is 10.6 Å². The second-order valence-electron chi connectivity index (χ2n) is 9.09. The lowest BCUT2D eigenvalue weighted by atomic mass is 10.1. The number of fused-ring (bicyclic) bond motifs is 1. The molecule has 0 atom stereocenters. The molecule has 9 nitrogen and oxygen atoms in total. The highest BCUT2D eigenvalue weighted by molar-refractivity contribution is 6.36. The molecule has 0 aliphatic heterocycles. The average molecular weight is 577 g/mol. The van der Waals surface area contributed by atoms with Crippen molar-refractivity contribution in [3.05, 3.63) is 94.6 Å². The van der Waals surface area contributed by atoms with Crippen LogP contribution in [-0.4, -0.2) is 31.4 Å². The van der Waals surface area contributed by atoms with Gasteiger partial charge < -0.3 is 15.4 Å². The molecule has 0 radical (unpaired) electrons. The maximum atomic E-state index is 14.9. The Morgan fingerprint density at radius 3 is 2.60 bits per heavy atom. The van der Waals surface area contributed by atoms with Crippen LogP contribution in [0.15, 0.2) is 73.1 Å². The van der Waals surface area contributed by atoms with Crippen LogP contribution in [-0.2, 0) is 4.79 Å². The van der Waals surface area contributed by atoms with Gasteiger partial charge in [0.1, 0.15) is 17.3 Å². The summed E-state index contributed by atoms with van der Waals surface area (Å²) in [5.41, 5.74) is 1.83. The van der Waals surface area contributed by atoms with Crippen molar-refractivity contribution in [3.8, 4) is 22.8 Å². The summed E-state index contributed by atoms with van der Waals surface area (Å²) < 4.78 is 22.1. The van der Waals surface area contributed by atoms with Crippen LogP contribution in [0.25, 0.3) is 16.9 Å². The number of pyridine rings is 1. The van der Waals surface area contributed by atoms with Crippen molar-refractivity contribution in [3.63, 3.8) is 0 Å². The van der Waals surface area contributed by atoms with E-state index in [-0.39, 0.29) is 29.0 Å². The molecule has 1 saturated carbocycles. The van der Waals surface area contributed by atoms with Crippen LogP contribution >= 0.6 is 23.2 Å². The lowest BCUT2D eigenvalue weighted by molar-refractivity contribution is -0.117. The second kappa shape index (κ2) is 10.6. The molecule has 0 spiro atoms. The Morgan fingerprint density at radius 2 is 1.82 bits per heavy atom. The molecule has 1 aliphatic rings. The first-order valence-electron chi connectivity index (χ1n) is 12.2. The number of benzene rings is 2. The van der Waals surface area contributed by atoms with E-state index in [1.165, 1.54) is 24.4 Å². The van der Waals surface area contributed by atoms with Crippen molar-refractivity contribution in [2.45, 2.75) is 12.8 Å². The van der Waals surface area contributed by atoms with Crippen LogP contribution in [0.5, 0.6) is 11.5 Å². The third-order valence-corrected chi connectivity index (χ3v) is 6.70. The first-order valence-corrected chi connectivity index (χ1v) is 13.0. The van der Waals surface area contributed by atoms with Crippen molar-refractivity contribution in [1.29, 1.82) is 0 Å². The summed E-state index contributed by atoms with van der Waals surface area (Å²) in [6, 6.07) is 15.3. The zero-order chi connectivity index (χ0) is 27.8. The van der Waals surface area contributed by atoms with Gasteiger partial charge in [0.15, 0.2) is 17.2 Å². The molecular weight excluding hydrogens is 558 g/mol. The molecule has 40 heavy (non-hydrogen) atoms. The molecule has 6 rings (SSSR count). The zero-order valence-electron chi connectivity index (χ0n) is 20.6. The zero-order valence-corrected chi connectivity index (χ0v) is 22.1. The molecule has 1 aliphatic carbocycles. The molecule has 3 aromatic heterocycles. The molecule has 0 saturated heterocycles. The molecular formula is C28H19Cl2FN6O3. The fourth-order valence-electron chi connectivity index (χ4n) is 4.02.